The Bertz CT molecular complexity index is 379. The van der Waals surface area contributed by atoms with E-state index in [1.807, 2.05) is 0 Å². The number of hydrogen-bond donors (Lipinski definition) is 0. The average Bonchev–Trinajstić information content (AvgIpc) is 2.02. The monoisotopic (exact) mass is 178 g/mol. The number of nitrogens with zero attached hydrogens (tertiary/aromatic N) is 2. The van der Waals surface area contributed by atoms with E-state index in [2.05, 4.69) is 14.7 Å². The van der Waals surface area contributed by atoms with Crippen molar-refractivity contribution in [2.45, 2.75) is 6.92 Å². The lowest BCUT2D eigenvalue weighted by Gasteiger charge is -2.17. The van der Waals surface area contributed by atoms with Crippen LogP contribution in [0.2, 0.25) is 0 Å². The Balaban J connectivity index is 2.44. The van der Waals surface area contributed by atoms with Crippen molar-refractivity contribution in [3.8, 4) is 0 Å². The lowest BCUT2D eigenvalue weighted by Crippen LogP contribution is -2.32. The van der Waals surface area contributed by atoms with Crippen LogP contribution in [0.4, 0.5) is 4.79 Å². The maximum absolute atomic E-state index is 11.1. The summed E-state index contributed by atoms with van der Waals surface area (Å²) in [6, 6.07) is 0. The minimum atomic E-state index is -0.886. The highest BCUT2D eigenvalue weighted by atomic mass is 16.6. The standard InChI is InChI=1S/C8H6N2O3/c1-4-2-3-5-6(9-4)10-8(12)13-7(5)11/h2-3,5H,1H3. The molecule has 0 N–H and O–H groups in total. The molecule has 0 saturated heterocycles. The van der Waals surface area contributed by atoms with Crippen LogP contribution in [0.3, 0.4) is 0 Å². The first-order valence-electron chi connectivity index (χ1n) is 3.74. The van der Waals surface area contributed by atoms with Gasteiger partial charge in [0, 0.05) is 5.71 Å². The molecule has 1 amide bonds. The summed E-state index contributed by atoms with van der Waals surface area (Å²) in [4.78, 5) is 29.3. The lowest BCUT2D eigenvalue weighted by molar-refractivity contribution is -0.138. The van der Waals surface area contributed by atoms with Gasteiger partial charge in [0.1, 0.15) is 5.92 Å². The molecule has 0 radical (unpaired) electrons. The summed E-state index contributed by atoms with van der Waals surface area (Å²) in [6.07, 6.45) is 2.43. The highest BCUT2D eigenvalue weighted by molar-refractivity contribution is 6.18. The molecule has 0 fully saturated rings. The van der Waals surface area contributed by atoms with Crippen LogP contribution in [-0.2, 0) is 9.53 Å². The predicted octanol–water partition coefficient (Wildman–Crippen LogP) is 0.709. The zero-order valence-electron chi connectivity index (χ0n) is 6.85. The molecule has 0 aromatic heterocycles. The number of esters is 1. The maximum Gasteiger partial charge on any atom is 0.443 e. The number of allylic oxidation sites excluding steroid dienone is 1. The Kier molecular flexibility index (Phi) is 1.58. The first-order chi connectivity index (χ1) is 6.16. The molecule has 0 bridgehead atoms. The fourth-order valence-electron chi connectivity index (χ4n) is 1.15. The van der Waals surface area contributed by atoms with E-state index in [-0.39, 0.29) is 5.84 Å². The van der Waals surface area contributed by atoms with Crippen LogP contribution in [0, 0.1) is 5.92 Å². The van der Waals surface area contributed by atoms with Gasteiger partial charge in [0.05, 0.1) is 0 Å². The molecule has 0 aliphatic carbocycles. The average molecular weight is 178 g/mol. The second-order valence-electron chi connectivity index (χ2n) is 2.75. The van der Waals surface area contributed by atoms with Gasteiger partial charge in [-0.2, -0.15) is 4.99 Å². The molecule has 2 rings (SSSR count). The van der Waals surface area contributed by atoms with Crippen LogP contribution in [0.15, 0.2) is 22.1 Å². The van der Waals surface area contributed by atoms with Gasteiger partial charge in [-0.25, -0.2) is 9.79 Å². The summed E-state index contributed by atoms with van der Waals surface area (Å²) in [5, 5.41) is 0. The van der Waals surface area contributed by atoms with E-state index in [1.54, 1.807) is 19.1 Å². The number of aliphatic imine (C=N–C) groups is 2. The van der Waals surface area contributed by atoms with Gasteiger partial charge < -0.3 is 4.74 Å². The maximum atomic E-state index is 11.1. The number of dihydropyridines is 1. The van der Waals surface area contributed by atoms with E-state index in [0.717, 1.165) is 5.71 Å². The number of carbonyl (C=O) groups is 2. The third kappa shape index (κ3) is 1.28. The van der Waals surface area contributed by atoms with Crippen molar-refractivity contribution in [3.63, 3.8) is 0 Å². The molecule has 2 heterocycles. The zero-order valence-corrected chi connectivity index (χ0v) is 6.85. The first-order valence-corrected chi connectivity index (χ1v) is 3.74. The van der Waals surface area contributed by atoms with Crippen LogP contribution >= 0.6 is 0 Å². The Hall–Kier alpha value is -1.78. The normalized spacial score (nSPS) is 26.1. The predicted molar refractivity (Wildman–Crippen MR) is 44.7 cm³/mol. The lowest BCUT2D eigenvalue weighted by atomic mass is 10.0. The topological polar surface area (TPSA) is 68.1 Å². The molecule has 66 valence electrons. The third-order valence-electron chi connectivity index (χ3n) is 1.75. The van der Waals surface area contributed by atoms with E-state index in [1.165, 1.54) is 0 Å². The SMILES string of the molecule is CC1=NC2=NC(=O)OC(=O)C2C=C1. The summed E-state index contributed by atoms with van der Waals surface area (Å²) in [5.41, 5.74) is 0.720. The van der Waals surface area contributed by atoms with E-state index in [4.69, 9.17) is 0 Å². The molecule has 0 aromatic rings. The van der Waals surface area contributed by atoms with Crippen LogP contribution in [0.5, 0.6) is 0 Å². The number of amides is 1. The van der Waals surface area contributed by atoms with Gasteiger partial charge in [-0.05, 0) is 13.0 Å². The van der Waals surface area contributed by atoms with E-state index >= 15 is 0 Å². The van der Waals surface area contributed by atoms with Gasteiger partial charge >= 0.3 is 12.1 Å². The second kappa shape index (κ2) is 2.62. The van der Waals surface area contributed by atoms with Gasteiger partial charge in [0.15, 0.2) is 5.84 Å². The van der Waals surface area contributed by atoms with Crippen LogP contribution in [0.1, 0.15) is 6.92 Å². The fourth-order valence-corrected chi connectivity index (χ4v) is 1.15. The number of ether oxygens (including phenoxy) is 1. The van der Waals surface area contributed by atoms with Crippen molar-refractivity contribution in [1.29, 1.82) is 0 Å². The highest BCUT2D eigenvalue weighted by Crippen LogP contribution is 2.16. The Labute approximate surface area is 73.8 Å². The Morgan fingerprint density at radius 1 is 1.38 bits per heavy atom. The van der Waals surface area contributed by atoms with E-state index < -0.39 is 18.0 Å². The molecule has 13 heavy (non-hydrogen) atoms. The van der Waals surface area contributed by atoms with Crippen LogP contribution in [0.25, 0.3) is 0 Å². The summed E-state index contributed by atoms with van der Waals surface area (Å²) in [6.45, 7) is 1.76. The van der Waals surface area contributed by atoms with Crippen molar-refractivity contribution >= 4 is 23.6 Å². The molecule has 0 saturated carbocycles. The molecule has 1 atom stereocenters. The number of rotatable bonds is 0. The van der Waals surface area contributed by atoms with Crippen molar-refractivity contribution in [2.75, 3.05) is 0 Å². The molecule has 5 heteroatoms. The molecular weight excluding hydrogens is 172 g/mol. The first kappa shape index (κ1) is 7.85. The van der Waals surface area contributed by atoms with Crippen molar-refractivity contribution < 1.29 is 14.3 Å². The fraction of sp³-hybridized carbons (Fsp3) is 0.250. The summed E-state index contributed by atoms with van der Waals surface area (Å²) in [5.74, 6) is -0.995. The molecular formula is C8H6N2O3. The van der Waals surface area contributed by atoms with Crippen LogP contribution < -0.4 is 0 Å². The van der Waals surface area contributed by atoms with Crippen molar-refractivity contribution in [2.24, 2.45) is 15.9 Å². The van der Waals surface area contributed by atoms with Gasteiger partial charge in [-0.1, -0.05) is 6.08 Å². The highest BCUT2D eigenvalue weighted by Gasteiger charge is 2.32. The molecule has 2 aliphatic heterocycles. The third-order valence-corrected chi connectivity index (χ3v) is 1.75. The minimum absolute atomic E-state index is 0.223. The van der Waals surface area contributed by atoms with Crippen molar-refractivity contribution in [3.05, 3.63) is 12.2 Å². The van der Waals surface area contributed by atoms with E-state index in [9.17, 15) is 9.59 Å². The summed E-state index contributed by atoms with van der Waals surface area (Å²) in [7, 11) is 0. The number of amidine groups is 1. The van der Waals surface area contributed by atoms with Crippen molar-refractivity contribution in [1.82, 2.24) is 0 Å². The minimum Gasteiger partial charge on any atom is -0.374 e. The summed E-state index contributed by atoms with van der Waals surface area (Å²) >= 11 is 0. The number of fused-ring (bicyclic) bond motifs is 1. The second-order valence-corrected chi connectivity index (χ2v) is 2.75. The quantitative estimate of drug-likeness (QED) is 0.405. The van der Waals surface area contributed by atoms with Gasteiger partial charge in [0.25, 0.3) is 0 Å². The van der Waals surface area contributed by atoms with E-state index in [0.29, 0.717) is 0 Å². The van der Waals surface area contributed by atoms with Gasteiger partial charge in [-0.15, -0.1) is 0 Å². The zero-order chi connectivity index (χ0) is 9.42. The largest absolute Gasteiger partial charge is 0.443 e. The molecule has 5 nitrogen and oxygen atoms in total. The Morgan fingerprint density at radius 2 is 2.15 bits per heavy atom. The molecule has 0 spiro atoms. The van der Waals surface area contributed by atoms with Gasteiger partial charge in [0.2, 0.25) is 0 Å². The Morgan fingerprint density at radius 3 is 2.92 bits per heavy atom. The van der Waals surface area contributed by atoms with Crippen LogP contribution in [-0.4, -0.2) is 23.6 Å². The number of hydrogen-bond acceptors (Lipinski definition) is 4. The summed E-state index contributed by atoms with van der Waals surface area (Å²) < 4.78 is 4.31. The molecule has 2 aliphatic rings. The molecule has 1 unspecified atom stereocenters. The number of carbonyl (C=O) groups excluding carboxylic acids is 2. The smallest absolute Gasteiger partial charge is 0.374 e. The molecule has 0 aromatic carbocycles. The van der Waals surface area contributed by atoms with Gasteiger partial charge in [-0.3, -0.25) is 4.79 Å². The number of cyclic esters (lactones) is 2.